The summed E-state index contributed by atoms with van der Waals surface area (Å²) in [6.07, 6.45) is 0. The summed E-state index contributed by atoms with van der Waals surface area (Å²) in [6.45, 7) is 4.78. The van der Waals surface area contributed by atoms with Gasteiger partial charge in [-0.3, -0.25) is 0 Å². The molecule has 10 aromatic rings. The van der Waals surface area contributed by atoms with Crippen LogP contribution in [0.25, 0.3) is 75.8 Å². The molecule has 1 aliphatic carbocycles. The second kappa shape index (κ2) is 14.1. The zero-order chi connectivity index (χ0) is 39.5. The molecule has 0 aliphatic heterocycles. The lowest BCUT2D eigenvalue weighted by Gasteiger charge is -2.30. The van der Waals surface area contributed by atoms with E-state index in [1.54, 1.807) is 0 Å². The van der Waals surface area contributed by atoms with E-state index in [4.69, 9.17) is 0 Å². The van der Waals surface area contributed by atoms with Crippen LogP contribution >= 0.6 is 11.3 Å². The Labute approximate surface area is 350 Å². The van der Waals surface area contributed by atoms with E-state index in [0.717, 1.165) is 11.4 Å². The summed E-state index contributed by atoms with van der Waals surface area (Å²) in [5.41, 5.74) is 18.4. The zero-order valence-electron chi connectivity index (χ0n) is 33.1. The smallest absolute Gasteiger partial charge is 0.0640 e. The van der Waals surface area contributed by atoms with Gasteiger partial charge in [-0.05, 0) is 97.6 Å². The van der Waals surface area contributed by atoms with Crippen molar-refractivity contribution < 1.29 is 0 Å². The van der Waals surface area contributed by atoms with Gasteiger partial charge < -0.3 is 4.90 Å². The number of fused-ring (bicyclic) bond motifs is 6. The molecular formula is C57H41NS. The molecule has 0 saturated heterocycles. The molecule has 0 fully saturated rings. The minimum absolute atomic E-state index is 0.203. The topological polar surface area (TPSA) is 3.24 Å². The number of benzene rings is 9. The molecule has 1 nitrogen and oxygen atoms in total. The normalized spacial score (nSPS) is 12.7. The number of hydrogen-bond acceptors (Lipinski definition) is 2. The Bertz CT molecular complexity index is 3160. The van der Waals surface area contributed by atoms with E-state index in [2.05, 4.69) is 231 Å². The van der Waals surface area contributed by atoms with Crippen molar-refractivity contribution >= 4 is 48.6 Å². The summed E-state index contributed by atoms with van der Waals surface area (Å²) in [5, 5.41) is 2.60. The Kier molecular flexibility index (Phi) is 8.43. The van der Waals surface area contributed by atoms with Crippen LogP contribution in [-0.2, 0) is 5.41 Å². The van der Waals surface area contributed by atoms with Crippen molar-refractivity contribution in [3.05, 3.63) is 223 Å². The Morgan fingerprint density at radius 1 is 0.356 bits per heavy atom. The van der Waals surface area contributed by atoms with Crippen molar-refractivity contribution in [2.45, 2.75) is 19.3 Å². The van der Waals surface area contributed by atoms with E-state index >= 15 is 0 Å². The second-order valence-electron chi connectivity index (χ2n) is 16.1. The highest BCUT2D eigenvalue weighted by molar-refractivity contribution is 7.26. The van der Waals surface area contributed by atoms with Gasteiger partial charge in [-0.2, -0.15) is 0 Å². The number of rotatable bonds is 7. The van der Waals surface area contributed by atoms with Crippen LogP contribution in [0, 0.1) is 0 Å². The fourth-order valence-corrected chi connectivity index (χ4v) is 10.4. The average molecular weight is 772 g/mol. The van der Waals surface area contributed by atoms with Crippen molar-refractivity contribution in [2.24, 2.45) is 0 Å². The average Bonchev–Trinajstić information content (AvgIpc) is 3.79. The number of hydrogen-bond donors (Lipinski definition) is 0. The molecule has 0 bridgehead atoms. The Hall–Kier alpha value is -7.00. The number of nitrogens with zero attached hydrogens (tertiary/aromatic N) is 1. The predicted octanol–water partition coefficient (Wildman–Crippen LogP) is 16.5. The molecule has 0 amide bonds. The fraction of sp³-hybridized carbons (Fsp3) is 0.0526. The molecule has 0 unspecified atom stereocenters. The van der Waals surface area contributed by atoms with Crippen LogP contribution in [0.3, 0.4) is 0 Å². The molecule has 59 heavy (non-hydrogen) atoms. The van der Waals surface area contributed by atoms with E-state index in [9.17, 15) is 0 Å². The molecule has 280 valence electrons. The van der Waals surface area contributed by atoms with Gasteiger partial charge in [0.15, 0.2) is 0 Å². The maximum Gasteiger partial charge on any atom is 0.0640 e. The van der Waals surface area contributed by atoms with Crippen molar-refractivity contribution in [2.75, 3.05) is 4.90 Å². The molecule has 1 aliphatic rings. The summed E-state index contributed by atoms with van der Waals surface area (Å²) in [7, 11) is 0. The standard InChI is InChI=1S/C57H41NS/c1-57(2)51-36-44(42-30-28-41(29-31-42)40-26-24-39(25-27-40)38-14-5-3-6-15-38)32-34-47(51)48-35-33-45(37-52(48)57)58(53-21-11-9-18-46(53)43-16-7-4-8-17-43)54-22-13-20-50-49-19-10-12-23-55(49)59-56(50)54/h3-37H,1-2H3. The van der Waals surface area contributed by atoms with Crippen molar-refractivity contribution in [1.82, 2.24) is 0 Å². The molecule has 0 N–H and O–H groups in total. The van der Waals surface area contributed by atoms with Gasteiger partial charge in [-0.15, -0.1) is 11.3 Å². The highest BCUT2D eigenvalue weighted by Crippen LogP contribution is 2.53. The third-order valence-corrected chi connectivity index (χ3v) is 13.5. The summed E-state index contributed by atoms with van der Waals surface area (Å²) in [5.74, 6) is 0. The van der Waals surface area contributed by atoms with Gasteiger partial charge in [0.05, 0.1) is 16.1 Å². The van der Waals surface area contributed by atoms with Crippen LogP contribution in [0.5, 0.6) is 0 Å². The zero-order valence-corrected chi connectivity index (χ0v) is 33.9. The lowest BCUT2D eigenvalue weighted by atomic mass is 9.81. The SMILES string of the molecule is CC1(C)c2cc(-c3ccc(-c4ccc(-c5ccccc5)cc4)cc3)ccc2-c2ccc(N(c3ccccc3-c3ccccc3)c3cccc4c3sc3ccccc34)cc21. The Morgan fingerprint density at radius 2 is 0.847 bits per heavy atom. The first-order valence-corrected chi connectivity index (χ1v) is 21.2. The van der Waals surface area contributed by atoms with Crippen LogP contribution in [0.2, 0.25) is 0 Å². The van der Waals surface area contributed by atoms with E-state index in [0.29, 0.717) is 0 Å². The van der Waals surface area contributed by atoms with E-state index in [1.807, 2.05) is 11.3 Å². The third-order valence-electron chi connectivity index (χ3n) is 12.3. The van der Waals surface area contributed by atoms with E-state index < -0.39 is 0 Å². The minimum Gasteiger partial charge on any atom is -0.308 e. The summed E-state index contributed by atoms with van der Waals surface area (Å²) in [4.78, 5) is 2.50. The largest absolute Gasteiger partial charge is 0.308 e. The van der Waals surface area contributed by atoms with E-state index in [1.165, 1.54) is 92.6 Å². The number of anilines is 3. The van der Waals surface area contributed by atoms with Crippen molar-refractivity contribution in [1.29, 1.82) is 0 Å². The molecule has 0 saturated carbocycles. The van der Waals surface area contributed by atoms with Crippen molar-refractivity contribution in [3.63, 3.8) is 0 Å². The minimum atomic E-state index is -0.203. The van der Waals surface area contributed by atoms with Gasteiger partial charge in [0.25, 0.3) is 0 Å². The van der Waals surface area contributed by atoms with Crippen LogP contribution in [0.1, 0.15) is 25.0 Å². The van der Waals surface area contributed by atoms with Crippen molar-refractivity contribution in [3.8, 4) is 55.6 Å². The van der Waals surface area contributed by atoms with Crippen LogP contribution in [0.15, 0.2) is 212 Å². The first-order chi connectivity index (χ1) is 29.0. The van der Waals surface area contributed by atoms with Crippen LogP contribution < -0.4 is 4.90 Å². The molecule has 0 radical (unpaired) electrons. The molecule has 0 spiro atoms. The molecule has 0 atom stereocenters. The monoisotopic (exact) mass is 771 g/mol. The quantitative estimate of drug-likeness (QED) is 0.156. The Morgan fingerprint density at radius 3 is 1.54 bits per heavy atom. The maximum absolute atomic E-state index is 2.50. The summed E-state index contributed by atoms with van der Waals surface area (Å²) < 4.78 is 2.60. The summed E-state index contributed by atoms with van der Waals surface area (Å²) in [6, 6.07) is 77.9. The number of thiophene rings is 1. The van der Waals surface area contributed by atoms with Gasteiger partial charge in [0.2, 0.25) is 0 Å². The lowest BCUT2D eigenvalue weighted by Crippen LogP contribution is -2.17. The molecular weight excluding hydrogens is 731 g/mol. The third kappa shape index (κ3) is 5.99. The molecule has 9 aromatic carbocycles. The van der Waals surface area contributed by atoms with Gasteiger partial charge in [-0.1, -0.05) is 190 Å². The number of para-hydroxylation sites is 1. The Balaban J connectivity index is 0.981. The van der Waals surface area contributed by atoms with E-state index in [-0.39, 0.29) is 5.41 Å². The summed E-state index contributed by atoms with van der Waals surface area (Å²) >= 11 is 1.88. The molecule has 1 aromatic heterocycles. The van der Waals surface area contributed by atoms with Gasteiger partial charge in [0, 0.05) is 32.1 Å². The van der Waals surface area contributed by atoms with Crippen LogP contribution in [-0.4, -0.2) is 0 Å². The predicted molar refractivity (Wildman–Crippen MR) is 253 cm³/mol. The molecule has 11 rings (SSSR count). The van der Waals surface area contributed by atoms with Crippen LogP contribution in [0.4, 0.5) is 17.1 Å². The highest BCUT2D eigenvalue weighted by atomic mass is 32.1. The highest BCUT2D eigenvalue weighted by Gasteiger charge is 2.36. The first kappa shape index (κ1) is 35.2. The molecule has 2 heteroatoms. The second-order valence-corrected chi connectivity index (χ2v) is 17.2. The molecule has 1 heterocycles. The van der Waals surface area contributed by atoms with Gasteiger partial charge in [0.1, 0.15) is 0 Å². The first-order valence-electron chi connectivity index (χ1n) is 20.4. The van der Waals surface area contributed by atoms with Gasteiger partial charge >= 0.3 is 0 Å². The lowest BCUT2D eigenvalue weighted by molar-refractivity contribution is 0.660. The maximum atomic E-state index is 2.50. The fourth-order valence-electron chi connectivity index (χ4n) is 9.23. The van der Waals surface area contributed by atoms with Gasteiger partial charge in [-0.25, -0.2) is 0 Å².